The molecule has 3 aromatic rings. The second-order valence-corrected chi connectivity index (χ2v) is 8.46. The molecule has 1 aromatic heterocycles. The molecule has 1 fully saturated rings. The standard InChI is InChI=1S/C24H30N4O/c1-18(2)28-23-8-4-3-7-21(23)25-24(28)10-11-26-16-19-6-5-9-22(20(19)17-26)27-12-14-29-15-13-27/h3-9,18H,10-17H2,1-2H3. The first-order chi connectivity index (χ1) is 14.2. The van der Waals surface area contributed by atoms with Gasteiger partial charge in [-0.2, -0.15) is 0 Å². The highest BCUT2D eigenvalue weighted by Gasteiger charge is 2.25. The molecule has 5 rings (SSSR count). The van der Waals surface area contributed by atoms with Crippen LogP contribution in [0, 0.1) is 0 Å². The molecule has 0 radical (unpaired) electrons. The summed E-state index contributed by atoms with van der Waals surface area (Å²) in [6, 6.07) is 15.7. The van der Waals surface area contributed by atoms with Crippen LogP contribution in [0.4, 0.5) is 5.69 Å². The lowest BCUT2D eigenvalue weighted by Gasteiger charge is -2.30. The fourth-order valence-electron chi connectivity index (χ4n) is 4.84. The Hall–Kier alpha value is -2.37. The van der Waals surface area contributed by atoms with E-state index < -0.39 is 0 Å². The van der Waals surface area contributed by atoms with E-state index in [9.17, 15) is 0 Å². The van der Waals surface area contributed by atoms with Crippen molar-refractivity contribution in [1.29, 1.82) is 0 Å². The van der Waals surface area contributed by atoms with Crippen LogP contribution in [-0.2, 0) is 24.2 Å². The Balaban J connectivity index is 1.33. The minimum atomic E-state index is 0.418. The number of benzene rings is 2. The van der Waals surface area contributed by atoms with Gasteiger partial charge in [0, 0.05) is 50.9 Å². The maximum absolute atomic E-state index is 5.54. The summed E-state index contributed by atoms with van der Waals surface area (Å²) in [4.78, 5) is 10.0. The molecule has 0 amide bonds. The molecule has 0 bridgehead atoms. The topological polar surface area (TPSA) is 33.5 Å². The van der Waals surface area contributed by atoms with Crippen molar-refractivity contribution in [2.24, 2.45) is 0 Å². The van der Waals surface area contributed by atoms with Crippen molar-refractivity contribution in [3.8, 4) is 0 Å². The van der Waals surface area contributed by atoms with Gasteiger partial charge in [-0.3, -0.25) is 4.90 Å². The zero-order chi connectivity index (χ0) is 19.8. The van der Waals surface area contributed by atoms with Crippen molar-refractivity contribution >= 4 is 16.7 Å². The van der Waals surface area contributed by atoms with E-state index in [1.807, 2.05) is 0 Å². The maximum Gasteiger partial charge on any atom is 0.111 e. The van der Waals surface area contributed by atoms with Crippen LogP contribution in [0.15, 0.2) is 42.5 Å². The van der Waals surface area contributed by atoms with Crippen LogP contribution in [0.25, 0.3) is 11.0 Å². The lowest BCUT2D eigenvalue weighted by Crippen LogP contribution is -2.36. The summed E-state index contributed by atoms with van der Waals surface area (Å²) in [5.74, 6) is 1.20. The van der Waals surface area contributed by atoms with E-state index in [0.717, 1.165) is 57.9 Å². The zero-order valence-corrected chi connectivity index (χ0v) is 17.5. The summed E-state index contributed by atoms with van der Waals surface area (Å²) in [6.45, 7) is 11.3. The average Bonchev–Trinajstić information content (AvgIpc) is 3.33. The third kappa shape index (κ3) is 3.53. The first-order valence-corrected chi connectivity index (χ1v) is 10.8. The molecule has 1 saturated heterocycles. The normalized spacial score (nSPS) is 17.4. The summed E-state index contributed by atoms with van der Waals surface area (Å²) in [6.07, 6.45) is 0.980. The highest BCUT2D eigenvalue weighted by molar-refractivity contribution is 5.76. The second-order valence-electron chi connectivity index (χ2n) is 8.46. The Labute approximate surface area is 172 Å². The molecule has 29 heavy (non-hydrogen) atoms. The number of imidazole rings is 1. The number of morpholine rings is 1. The molecule has 0 N–H and O–H groups in total. The quantitative estimate of drug-likeness (QED) is 0.659. The molecule has 0 atom stereocenters. The van der Waals surface area contributed by atoms with Gasteiger partial charge in [0.2, 0.25) is 0 Å². The van der Waals surface area contributed by atoms with Crippen LogP contribution in [-0.4, -0.2) is 47.3 Å². The van der Waals surface area contributed by atoms with E-state index in [-0.39, 0.29) is 0 Å². The Morgan fingerprint density at radius 3 is 2.66 bits per heavy atom. The van der Waals surface area contributed by atoms with Crippen LogP contribution in [0.1, 0.15) is 36.8 Å². The van der Waals surface area contributed by atoms with Crippen molar-refractivity contribution in [2.45, 2.75) is 39.4 Å². The summed E-state index contributed by atoms with van der Waals surface area (Å²) >= 11 is 0. The van der Waals surface area contributed by atoms with Gasteiger partial charge in [-0.15, -0.1) is 0 Å². The molecule has 3 heterocycles. The number of para-hydroxylation sites is 2. The van der Waals surface area contributed by atoms with Crippen LogP contribution in [0.5, 0.6) is 0 Å². The van der Waals surface area contributed by atoms with Gasteiger partial charge in [0.25, 0.3) is 0 Å². The number of nitrogens with zero attached hydrogens (tertiary/aromatic N) is 4. The van der Waals surface area contributed by atoms with Gasteiger partial charge >= 0.3 is 0 Å². The van der Waals surface area contributed by atoms with Crippen LogP contribution < -0.4 is 4.90 Å². The van der Waals surface area contributed by atoms with Gasteiger partial charge < -0.3 is 14.2 Å². The lowest BCUT2D eigenvalue weighted by molar-refractivity contribution is 0.122. The number of hydrogen-bond donors (Lipinski definition) is 0. The van der Waals surface area contributed by atoms with Crippen molar-refractivity contribution in [3.05, 3.63) is 59.4 Å². The molecule has 5 heteroatoms. The summed E-state index contributed by atoms with van der Waals surface area (Å²) in [7, 11) is 0. The lowest BCUT2D eigenvalue weighted by atomic mass is 10.1. The van der Waals surface area contributed by atoms with E-state index in [1.54, 1.807) is 0 Å². The number of rotatable bonds is 5. The van der Waals surface area contributed by atoms with Gasteiger partial charge in [-0.05, 0) is 43.2 Å². The van der Waals surface area contributed by atoms with Gasteiger partial charge in [0.15, 0.2) is 0 Å². The van der Waals surface area contributed by atoms with Crippen molar-refractivity contribution in [3.63, 3.8) is 0 Å². The fraction of sp³-hybridized carbons (Fsp3) is 0.458. The van der Waals surface area contributed by atoms with Gasteiger partial charge in [0.05, 0.1) is 24.2 Å². The molecule has 5 nitrogen and oxygen atoms in total. The molecule has 2 aliphatic rings. The molecule has 152 valence electrons. The highest BCUT2D eigenvalue weighted by atomic mass is 16.5. The van der Waals surface area contributed by atoms with Crippen LogP contribution >= 0.6 is 0 Å². The predicted molar refractivity (Wildman–Crippen MR) is 117 cm³/mol. The molecule has 0 aliphatic carbocycles. The highest BCUT2D eigenvalue weighted by Crippen LogP contribution is 2.32. The third-order valence-electron chi connectivity index (χ3n) is 6.21. The number of fused-ring (bicyclic) bond motifs is 2. The van der Waals surface area contributed by atoms with E-state index in [0.29, 0.717) is 6.04 Å². The minimum Gasteiger partial charge on any atom is -0.378 e. The third-order valence-corrected chi connectivity index (χ3v) is 6.21. The maximum atomic E-state index is 5.54. The molecule has 0 saturated carbocycles. The summed E-state index contributed by atoms with van der Waals surface area (Å²) < 4.78 is 7.94. The average molecular weight is 391 g/mol. The largest absolute Gasteiger partial charge is 0.378 e. The Morgan fingerprint density at radius 1 is 1.00 bits per heavy atom. The van der Waals surface area contributed by atoms with E-state index in [4.69, 9.17) is 9.72 Å². The van der Waals surface area contributed by atoms with Crippen molar-refractivity contribution in [1.82, 2.24) is 14.5 Å². The molecule has 2 aliphatic heterocycles. The number of ether oxygens (including phenoxy) is 1. The van der Waals surface area contributed by atoms with Gasteiger partial charge in [-0.25, -0.2) is 4.98 Å². The SMILES string of the molecule is CC(C)n1c(CCN2Cc3cccc(N4CCOCC4)c3C2)nc2ccccc21. The number of hydrogen-bond acceptors (Lipinski definition) is 4. The number of anilines is 1. The second kappa shape index (κ2) is 7.81. The van der Waals surface area contributed by atoms with Crippen molar-refractivity contribution < 1.29 is 4.74 Å². The fourth-order valence-corrected chi connectivity index (χ4v) is 4.84. The van der Waals surface area contributed by atoms with Gasteiger partial charge in [-0.1, -0.05) is 24.3 Å². The monoisotopic (exact) mass is 390 g/mol. The zero-order valence-electron chi connectivity index (χ0n) is 17.5. The van der Waals surface area contributed by atoms with Crippen LogP contribution in [0.3, 0.4) is 0 Å². The first kappa shape index (κ1) is 18.6. The van der Waals surface area contributed by atoms with Crippen LogP contribution in [0.2, 0.25) is 0 Å². The van der Waals surface area contributed by atoms with Crippen molar-refractivity contribution in [2.75, 3.05) is 37.7 Å². The minimum absolute atomic E-state index is 0.418. The number of aromatic nitrogens is 2. The Morgan fingerprint density at radius 2 is 1.83 bits per heavy atom. The predicted octanol–water partition coefficient (Wildman–Crippen LogP) is 4.01. The smallest absolute Gasteiger partial charge is 0.111 e. The molecule has 0 unspecified atom stereocenters. The molecule has 0 spiro atoms. The first-order valence-electron chi connectivity index (χ1n) is 10.8. The van der Waals surface area contributed by atoms with E-state index in [1.165, 1.54) is 28.2 Å². The van der Waals surface area contributed by atoms with E-state index >= 15 is 0 Å². The Kier molecular flexibility index (Phi) is 5.02. The molecule has 2 aromatic carbocycles. The van der Waals surface area contributed by atoms with Gasteiger partial charge in [0.1, 0.15) is 5.82 Å². The summed E-state index contributed by atoms with van der Waals surface area (Å²) in [5, 5.41) is 0. The van der Waals surface area contributed by atoms with E-state index in [2.05, 4.69) is 70.7 Å². The molecular weight excluding hydrogens is 360 g/mol. The summed E-state index contributed by atoms with van der Waals surface area (Å²) in [5.41, 5.74) is 6.74. The molecular formula is C24H30N4O. The Bertz CT molecular complexity index is 1000.